The number of aryl methyl sites for hydroxylation is 2. The molecule has 1 amide bonds. The number of carbonyl (C=O) groups is 1. The zero-order valence-electron chi connectivity index (χ0n) is 17.1. The summed E-state index contributed by atoms with van der Waals surface area (Å²) in [5.41, 5.74) is 5.05. The number of nitrogens with zero attached hydrogens (tertiary/aromatic N) is 5. The van der Waals surface area contributed by atoms with Crippen LogP contribution in [0, 0.1) is 27.7 Å². The van der Waals surface area contributed by atoms with Gasteiger partial charge >= 0.3 is 0 Å². The number of benzene rings is 1. The predicted molar refractivity (Wildman–Crippen MR) is 112 cm³/mol. The first-order valence-corrected chi connectivity index (χ1v) is 9.39. The van der Waals surface area contributed by atoms with Crippen molar-refractivity contribution in [2.75, 3.05) is 10.6 Å². The number of hydrogen-bond acceptors (Lipinski definition) is 7. The van der Waals surface area contributed by atoms with E-state index in [2.05, 4.69) is 31.1 Å². The molecule has 3 heterocycles. The highest BCUT2D eigenvalue weighted by Gasteiger charge is 2.13. The van der Waals surface area contributed by atoms with Gasteiger partial charge in [0.25, 0.3) is 5.91 Å². The number of aromatic nitrogens is 5. The molecule has 0 saturated heterocycles. The zero-order valence-corrected chi connectivity index (χ0v) is 17.1. The average molecular weight is 403 g/mol. The molecule has 1 aromatic carbocycles. The van der Waals surface area contributed by atoms with Crippen LogP contribution in [0.3, 0.4) is 0 Å². The van der Waals surface area contributed by atoms with E-state index < -0.39 is 0 Å². The van der Waals surface area contributed by atoms with E-state index in [1.54, 1.807) is 23.7 Å². The maximum Gasteiger partial charge on any atom is 0.260 e. The number of amides is 1. The SMILES string of the molecule is Cc1nn(-c2ccc(Nc3ccc(NC(=O)c4cnoc4C)cc3)nn2)c(C)c1C. The van der Waals surface area contributed by atoms with E-state index in [0.29, 0.717) is 28.6 Å². The van der Waals surface area contributed by atoms with Crippen LogP contribution in [0.25, 0.3) is 5.82 Å². The van der Waals surface area contributed by atoms with E-state index in [-0.39, 0.29) is 5.91 Å². The third-order valence-electron chi connectivity index (χ3n) is 4.93. The topological polar surface area (TPSA) is 111 Å². The third kappa shape index (κ3) is 3.77. The largest absolute Gasteiger partial charge is 0.361 e. The van der Waals surface area contributed by atoms with Crippen molar-refractivity contribution >= 4 is 23.1 Å². The van der Waals surface area contributed by atoms with E-state index in [1.807, 2.05) is 45.0 Å². The second-order valence-electron chi connectivity index (χ2n) is 6.94. The van der Waals surface area contributed by atoms with Gasteiger partial charge in [0.1, 0.15) is 11.3 Å². The first-order chi connectivity index (χ1) is 14.4. The van der Waals surface area contributed by atoms with Gasteiger partial charge in [0.15, 0.2) is 11.6 Å². The lowest BCUT2D eigenvalue weighted by Crippen LogP contribution is -2.12. The fourth-order valence-electron chi connectivity index (χ4n) is 2.95. The molecule has 0 spiro atoms. The standard InChI is InChI=1S/C21H21N7O2/c1-12-13(2)27-28(14(12)3)20-10-9-19(25-26-20)23-16-5-7-17(8-6-16)24-21(29)18-11-22-30-15(18)4/h5-11H,1-4H3,(H,23,25)(H,24,29). The number of anilines is 3. The molecule has 3 aromatic heterocycles. The smallest absolute Gasteiger partial charge is 0.260 e. The number of rotatable bonds is 5. The Labute approximate surface area is 173 Å². The molecule has 9 heteroatoms. The van der Waals surface area contributed by atoms with Crippen LogP contribution < -0.4 is 10.6 Å². The van der Waals surface area contributed by atoms with Crippen molar-refractivity contribution in [3.8, 4) is 5.82 Å². The first kappa shape index (κ1) is 19.3. The Kier molecular flexibility index (Phi) is 5.01. The molecule has 0 bridgehead atoms. The van der Waals surface area contributed by atoms with Crippen molar-refractivity contribution in [3.63, 3.8) is 0 Å². The van der Waals surface area contributed by atoms with Crippen molar-refractivity contribution in [1.82, 2.24) is 25.1 Å². The summed E-state index contributed by atoms with van der Waals surface area (Å²) < 4.78 is 6.71. The van der Waals surface area contributed by atoms with Crippen molar-refractivity contribution in [1.29, 1.82) is 0 Å². The number of carbonyl (C=O) groups excluding carboxylic acids is 1. The summed E-state index contributed by atoms with van der Waals surface area (Å²) in [4.78, 5) is 12.2. The van der Waals surface area contributed by atoms with Gasteiger partial charge in [-0.2, -0.15) is 5.10 Å². The van der Waals surface area contributed by atoms with Crippen molar-refractivity contribution in [3.05, 3.63) is 70.9 Å². The molecule has 4 rings (SSSR count). The molecule has 30 heavy (non-hydrogen) atoms. The van der Waals surface area contributed by atoms with Gasteiger partial charge in [-0.15, -0.1) is 10.2 Å². The van der Waals surface area contributed by atoms with E-state index >= 15 is 0 Å². The molecule has 0 saturated carbocycles. The van der Waals surface area contributed by atoms with Crippen LogP contribution in [0.15, 0.2) is 47.1 Å². The number of hydrogen-bond donors (Lipinski definition) is 2. The maximum absolute atomic E-state index is 12.2. The van der Waals surface area contributed by atoms with E-state index in [0.717, 1.165) is 22.6 Å². The lowest BCUT2D eigenvalue weighted by Gasteiger charge is -2.08. The molecular formula is C21H21N7O2. The van der Waals surface area contributed by atoms with Crippen molar-refractivity contribution < 1.29 is 9.32 Å². The Balaban J connectivity index is 1.42. The van der Waals surface area contributed by atoms with Crippen LogP contribution in [-0.2, 0) is 0 Å². The van der Waals surface area contributed by atoms with E-state index in [9.17, 15) is 4.79 Å². The van der Waals surface area contributed by atoms with Crippen LogP contribution >= 0.6 is 0 Å². The van der Waals surface area contributed by atoms with Crippen LogP contribution in [-0.4, -0.2) is 31.0 Å². The normalized spacial score (nSPS) is 10.8. The monoisotopic (exact) mass is 403 g/mol. The van der Waals surface area contributed by atoms with Crippen molar-refractivity contribution in [2.45, 2.75) is 27.7 Å². The van der Waals surface area contributed by atoms with Gasteiger partial charge in [-0.3, -0.25) is 4.79 Å². The molecular weight excluding hydrogens is 382 g/mol. The molecule has 0 atom stereocenters. The molecule has 0 unspecified atom stereocenters. The Bertz CT molecular complexity index is 1190. The Morgan fingerprint density at radius 1 is 0.967 bits per heavy atom. The minimum atomic E-state index is -0.268. The van der Waals surface area contributed by atoms with E-state index in [4.69, 9.17) is 4.52 Å². The number of nitrogens with one attached hydrogen (secondary N) is 2. The summed E-state index contributed by atoms with van der Waals surface area (Å²) in [7, 11) is 0. The highest BCUT2D eigenvalue weighted by molar-refractivity contribution is 6.04. The highest BCUT2D eigenvalue weighted by Crippen LogP contribution is 2.20. The Hall–Kier alpha value is -4.01. The summed E-state index contributed by atoms with van der Waals surface area (Å²) >= 11 is 0. The quantitative estimate of drug-likeness (QED) is 0.520. The Morgan fingerprint density at radius 2 is 1.70 bits per heavy atom. The van der Waals surface area contributed by atoms with Gasteiger partial charge < -0.3 is 15.2 Å². The maximum atomic E-state index is 12.2. The van der Waals surface area contributed by atoms with E-state index in [1.165, 1.54) is 6.20 Å². The summed E-state index contributed by atoms with van der Waals surface area (Å²) in [6.45, 7) is 7.71. The lowest BCUT2D eigenvalue weighted by atomic mass is 10.2. The molecule has 0 fully saturated rings. The fourth-order valence-corrected chi connectivity index (χ4v) is 2.95. The van der Waals surface area contributed by atoms with Gasteiger partial charge in [0.2, 0.25) is 0 Å². The van der Waals surface area contributed by atoms with Gasteiger partial charge in [-0.05, 0) is 69.7 Å². The highest BCUT2D eigenvalue weighted by atomic mass is 16.5. The summed E-state index contributed by atoms with van der Waals surface area (Å²) in [5, 5.41) is 22.6. The van der Waals surface area contributed by atoms with Gasteiger partial charge in [-0.1, -0.05) is 5.16 Å². The lowest BCUT2D eigenvalue weighted by molar-refractivity contribution is 0.102. The molecule has 2 N–H and O–H groups in total. The summed E-state index contributed by atoms with van der Waals surface area (Å²) in [6, 6.07) is 11.0. The van der Waals surface area contributed by atoms with Crippen LogP contribution in [0.5, 0.6) is 0 Å². The minimum absolute atomic E-state index is 0.268. The van der Waals surface area contributed by atoms with Gasteiger partial charge in [0.05, 0.1) is 11.9 Å². The molecule has 0 aliphatic carbocycles. The third-order valence-corrected chi connectivity index (χ3v) is 4.93. The van der Waals surface area contributed by atoms with Crippen LogP contribution in [0.2, 0.25) is 0 Å². The molecule has 0 aliphatic rings. The van der Waals surface area contributed by atoms with Crippen LogP contribution in [0.1, 0.15) is 33.1 Å². The van der Waals surface area contributed by atoms with Gasteiger partial charge in [-0.25, -0.2) is 4.68 Å². The predicted octanol–water partition coefficient (Wildman–Crippen LogP) is 3.88. The minimum Gasteiger partial charge on any atom is -0.361 e. The second kappa shape index (κ2) is 7.78. The molecule has 9 nitrogen and oxygen atoms in total. The molecule has 0 radical (unpaired) electrons. The average Bonchev–Trinajstić information content (AvgIpc) is 3.28. The van der Waals surface area contributed by atoms with Crippen molar-refractivity contribution in [2.24, 2.45) is 0 Å². The Morgan fingerprint density at radius 3 is 2.27 bits per heavy atom. The first-order valence-electron chi connectivity index (χ1n) is 9.39. The molecule has 0 aliphatic heterocycles. The van der Waals surface area contributed by atoms with Crippen LogP contribution in [0.4, 0.5) is 17.2 Å². The molecule has 4 aromatic rings. The summed E-state index contributed by atoms with van der Waals surface area (Å²) in [6.07, 6.45) is 1.40. The second-order valence-corrected chi connectivity index (χ2v) is 6.94. The zero-order chi connectivity index (χ0) is 21.3. The summed E-state index contributed by atoms with van der Waals surface area (Å²) in [5.74, 6) is 1.48. The molecule has 152 valence electrons. The van der Waals surface area contributed by atoms with Gasteiger partial charge in [0, 0.05) is 17.1 Å². The fraction of sp³-hybridized carbons (Fsp3) is 0.190.